The third kappa shape index (κ3) is 4.52. The quantitative estimate of drug-likeness (QED) is 0.899. The Morgan fingerprint density at radius 1 is 1.32 bits per heavy atom. The maximum atomic E-state index is 11.5. The first-order valence-corrected chi connectivity index (χ1v) is 6.11. The molecule has 1 aromatic heterocycles. The second-order valence-corrected chi connectivity index (χ2v) is 4.23. The number of hydrogen-bond acceptors (Lipinski definition) is 2. The van der Waals surface area contributed by atoms with E-state index in [-0.39, 0.29) is 6.03 Å². The molecule has 0 saturated heterocycles. The van der Waals surface area contributed by atoms with Crippen molar-refractivity contribution in [2.45, 2.75) is 6.54 Å². The molecule has 0 aliphatic heterocycles. The average Bonchev–Trinajstić information content (AvgIpc) is 2.89. The normalized spacial score (nSPS) is 10.6. The minimum absolute atomic E-state index is 0.297. The molecule has 0 fully saturated rings. The number of nitrogens with one attached hydrogen (secondary N) is 2. The number of benzene rings is 1. The van der Waals surface area contributed by atoms with Gasteiger partial charge in [-0.3, -0.25) is 0 Å². The number of amides is 2. The van der Waals surface area contributed by atoms with Gasteiger partial charge >= 0.3 is 6.03 Å². The van der Waals surface area contributed by atoms with E-state index in [1.807, 2.05) is 12.1 Å². The number of furan rings is 1. The summed E-state index contributed by atoms with van der Waals surface area (Å²) < 4.78 is 5.10. The molecule has 0 atom stereocenters. The van der Waals surface area contributed by atoms with Gasteiger partial charge in [-0.05, 0) is 35.9 Å². The Hall–Kier alpha value is -2.20. The maximum absolute atomic E-state index is 11.5. The molecule has 2 amide bonds. The maximum Gasteiger partial charge on any atom is 0.319 e. The summed E-state index contributed by atoms with van der Waals surface area (Å²) in [5, 5.41) is 5.92. The van der Waals surface area contributed by atoms with E-state index in [0.717, 1.165) is 5.56 Å². The SMILES string of the molecule is O=C(N/C=C/c1cccc(Cl)c1)NCc1ccco1. The topological polar surface area (TPSA) is 54.3 Å². The van der Waals surface area contributed by atoms with Gasteiger partial charge in [0.25, 0.3) is 0 Å². The molecule has 5 heteroatoms. The first-order chi connectivity index (χ1) is 9.24. The summed E-state index contributed by atoms with van der Waals surface area (Å²) in [5.74, 6) is 0.703. The van der Waals surface area contributed by atoms with Gasteiger partial charge in [0.15, 0.2) is 0 Å². The average molecular weight is 277 g/mol. The number of carbonyl (C=O) groups excluding carboxylic acids is 1. The summed E-state index contributed by atoms with van der Waals surface area (Å²) in [6, 6.07) is 10.6. The van der Waals surface area contributed by atoms with E-state index >= 15 is 0 Å². The number of hydrogen-bond donors (Lipinski definition) is 2. The van der Waals surface area contributed by atoms with E-state index < -0.39 is 0 Å². The fourth-order valence-corrected chi connectivity index (χ4v) is 1.65. The lowest BCUT2D eigenvalue weighted by molar-refractivity contribution is 0.243. The van der Waals surface area contributed by atoms with Crippen LogP contribution in [0.25, 0.3) is 6.08 Å². The summed E-state index contributed by atoms with van der Waals surface area (Å²) in [6.45, 7) is 0.351. The predicted molar refractivity (Wildman–Crippen MR) is 74.6 cm³/mol. The Kier molecular flexibility index (Phi) is 4.64. The molecule has 2 rings (SSSR count). The van der Waals surface area contributed by atoms with Crippen LogP contribution in [-0.4, -0.2) is 6.03 Å². The van der Waals surface area contributed by atoms with Crippen LogP contribution in [0.4, 0.5) is 4.79 Å². The third-order valence-corrected chi connectivity index (χ3v) is 2.58. The second kappa shape index (κ2) is 6.66. The van der Waals surface area contributed by atoms with E-state index in [1.54, 1.807) is 42.8 Å². The minimum Gasteiger partial charge on any atom is -0.467 e. The van der Waals surface area contributed by atoms with E-state index in [9.17, 15) is 4.79 Å². The lowest BCUT2D eigenvalue weighted by Gasteiger charge is -2.02. The van der Waals surface area contributed by atoms with Gasteiger partial charge in [-0.15, -0.1) is 0 Å². The first kappa shape index (κ1) is 13.2. The van der Waals surface area contributed by atoms with Gasteiger partial charge in [0.05, 0.1) is 12.8 Å². The fourth-order valence-electron chi connectivity index (χ4n) is 1.46. The van der Waals surface area contributed by atoms with Crippen LogP contribution in [0.15, 0.2) is 53.3 Å². The molecule has 0 spiro atoms. The van der Waals surface area contributed by atoms with Gasteiger partial charge in [0.1, 0.15) is 5.76 Å². The molecule has 4 nitrogen and oxygen atoms in total. The van der Waals surface area contributed by atoms with Crippen molar-refractivity contribution in [3.63, 3.8) is 0 Å². The van der Waals surface area contributed by atoms with Crippen LogP contribution < -0.4 is 10.6 Å². The molecular formula is C14H13ClN2O2. The minimum atomic E-state index is -0.297. The van der Waals surface area contributed by atoms with Crippen molar-refractivity contribution in [1.29, 1.82) is 0 Å². The van der Waals surface area contributed by atoms with Crippen LogP contribution in [0, 0.1) is 0 Å². The van der Waals surface area contributed by atoms with Crippen molar-refractivity contribution in [3.8, 4) is 0 Å². The molecule has 0 saturated carbocycles. The standard InChI is InChI=1S/C14H13ClN2O2/c15-12-4-1-3-11(9-12)6-7-16-14(18)17-10-13-5-2-8-19-13/h1-9H,10H2,(H2,16,17,18)/b7-6+. The Balaban J connectivity index is 1.77. The van der Waals surface area contributed by atoms with Crippen LogP contribution in [-0.2, 0) is 6.54 Å². The van der Waals surface area contributed by atoms with Crippen LogP contribution in [0.5, 0.6) is 0 Å². The van der Waals surface area contributed by atoms with Gasteiger partial charge in [-0.25, -0.2) is 4.79 Å². The molecule has 0 aliphatic carbocycles. The van der Waals surface area contributed by atoms with Crippen LogP contribution in [0.2, 0.25) is 5.02 Å². The smallest absolute Gasteiger partial charge is 0.319 e. The lowest BCUT2D eigenvalue weighted by Crippen LogP contribution is -2.31. The molecular weight excluding hydrogens is 264 g/mol. The Labute approximate surface area is 116 Å². The first-order valence-electron chi connectivity index (χ1n) is 5.73. The monoisotopic (exact) mass is 276 g/mol. The van der Waals surface area contributed by atoms with E-state index in [0.29, 0.717) is 17.3 Å². The van der Waals surface area contributed by atoms with Crippen LogP contribution in [0.3, 0.4) is 0 Å². The highest BCUT2D eigenvalue weighted by molar-refractivity contribution is 6.30. The van der Waals surface area contributed by atoms with Gasteiger partial charge in [0.2, 0.25) is 0 Å². The Morgan fingerprint density at radius 3 is 2.95 bits per heavy atom. The third-order valence-electron chi connectivity index (χ3n) is 2.34. The Bertz CT molecular complexity index is 565. The van der Waals surface area contributed by atoms with Gasteiger partial charge in [0, 0.05) is 11.2 Å². The molecule has 0 unspecified atom stereocenters. The van der Waals surface area contributed by atoms with Gasteiger partial charge in [-0.1, -0.05) is 23.7 Å². The molecule has 2 N–H and O–H groups in total. The molecule has 0 radical (unpaired) electrons. The molecule has 98 valence electrons. The van der Waals surface area contributed by atoms with Crippen molar-refractivity contribution in [2.75, 3.05) is 0 Å². The molecule has 1 heterocycles. The van der Waals surface area contributed by atoms with E-state index in [4.69, 9.17) is 16.0 Å². The molecule has 0 bridgehead atoms. The molecule has 0 aliphatic rings. The van der Waals surface area contributed by atoms with Crippen molar-refractivity contribution < 1.29 is 9.21 Å². The van der Waals surface area contributed by atoms with Crippen LogP contribution >= 0.6 is 11.6 Å². The molecule has 2 aromatic rings. The largest absolute Gasteiger partial charge is 0.467 e. The molecule has 19 heavy (non-hydrogen) atoms. The summed E-state index contributed by atoms with van der Waals surface area (Å²) in [6.07, 6.45) is 4.88. The van der Waals surface area contributed by atoms with Crippen molar-refractivity contribution in [2.24, 2.45) is 0 Å². The van der Waals surface area contributed by atoms with Crippen molar-refractivity contribution in [1.82, 2.24) is 10.6 Å². The fraction of sp³-hybridized carbons (Fsp3) is 0.0714. The molecule has 1 aromatic carbocycles. The van der Waals surface area contributed by atoms with Crippen LogP contribution in [0.1, 0.15) is 11.3 Å². The van der Waals surface area contributed by atoms with Crippen molar-refractivity contribution >= 4 is 23.7 Å². The summed E-state index contributed by atoms with van der Waals surface area (Å²) in [7, 11) is 0. The predicted octanol–water partition coefficient (Wildman–Crippen LogP) is 3.40. The summed E-state index contributed by atoms with van der Waals surface area (Å²) >= 11 is 5.85. The number of carbonyl (C=O) groups is 1. The number of urea groups is 1. The second-order valence-electron chi connectivity index (χ2n) is 3.79. The number of halogens is 1. The zero-order valence-electron chi connectivity index (χ0n) is 10.1. The van der Waals surface area contributed by atoms with E-state index in [1.165, 1.54) is 0 Å². The zero-order valence-corrected chi connectivity index (χ0v) is 10.9. The zero-order chi connectivity index (χ0) is 13.5. The van der Waals surface area contributed by atoms with Gasteiger partial charge < -0.3 is 15.1 Å². The Morgan fingerprint density at radius 2 is 2.21 bits per heavy atom. The van der Waals surface area contributed by atoms with Gasteiger partial charge in [-0.2, -0.15) is 0 Å². The highest BCUT2D eigenvalue weighted by Gasteiger charge is 1.99. The highest BCUT2D eigenvalue weighted by atomic mass is 35.5. The highest BCUT2D eigenvalue weighted by Crippen LogP contribution is 2.11. The van der Waals surface area contributed by atoms with Crippen molar-refractivity contribution in [3.05, 3.63) is 65.2 Å². The summed E-state index contributed by atoms with van der Waals surface area (Å²) in [4.78, 5) is 11.5. The lowest BCUT2D eigenvalue weighted by atomic mass is 10.2. The number of rotatable bonds is 4. The summed E-state index contributed by atoms with van der Waals surface area (Å²) in [5.41, 5.74) is 0.916. The van der Waals surface area contributed by atoms with E-state index in [2.05, 4.69) is 10.6 Å².